The minimum atomic E-state index is -0.199. The van der Waals surface area contributed by atoms with Gasteiger partial charge in [-0.05, 0) is 67.2 Å². The molecule has 1 fully saturated rings. The maximum atomic E-state index is 12.8. The summed E-state index contributed by atoms with van der Waals surface area (Å²) in [5.74, 6) is 1.96. The Balaban J connectivity index is 1.52. The van der Waals surface area contributed by atoms with E-state index < -0.39 is 0 Å². The van der Waals surface area contributed by atoms with Gasteiger partial charge in [0.1, 0.15) is 29.6 Å². The van der Waals surface area contributed by atoms with Gasteiger partial charge in [-0.3, -0.25) is 9.69 Å². The van der Waals surface area contributed by atoms with Crippen molar-refractivity contribution in [1.82, 2.24) is 10.2 Å². The van der Waals surface area contributed by atoms with Gasteiger partial charge in [-0.2, -0.15) is 0 Å². The normalized spacial score (nSPS) is 14.8. The van der Waals surface area contributed by atoms with Gasteiger partial charge in [0.15, 0.2) is 5.11 Å². The van der Waals surface area contributed by atoms with Crippen LogP contribution in [0.2, 0.25) is 0 Å². The first-order chi connectivity index (χ1) is 15.0. The number of carbonyl (C=O) groups is 1. The molecular formula is C24H22N2O4S. The van der Waals surface area contributed by atoms with Crippen LogP contribution in [-0.4, -0.2) is 23.0 Å². The summed E-state index contributed by atoms with van der Waals surface area (Å²) < 4.78 is 16.7. The number of nitrogens with one attached hydrogen (secondary N) is 1. The number of rotatable bonds is 7. The van der Waals surface area contributed by atoms with Gasteiger partial charge in [0, 0.05) is 5.56 Å². The van der Waals surface area contributed by atoms with Crippen LogP contribution in [0.4, 0.5) is 0 Å². The second kappa shape index (κ2) is 9.06. The fraction of sp³-hybridized carbons (Fsp3) is 0.167. The fourth-order valence-electron chi connectivity index (χ4n) is 3.24. The van der Waals surface area contributed by atoms with E-state index in [0.29, 0.717) is 23.2 Å². The van der Waals surface area contributed by atoms with Crippen LogP contribution in [-0.2, 0) is 17.9 Å². The summed E-state index contributed by atoms with van der Waals surface area (Å²) in [6.45, 7) is 2.66. The molecule has 2 heterocycles. The summed E-state index contributed by atoms with van der Waals surface area (Å²) in [6, 6.07) is 17.1. The number of ether oxygens (including phenoxy) is 2. The molecule has 0 atom stereocenters. The van der Waals surface area contributed by atoms with Crippen molar-refractivity contribution in [2.24, 2.45) is 0 Å². The van der Waals surface area contributed by atoms with E-state index in [2.05, 4.69) is 5.32 Å². The average molecular weight is 435 g/mol. The first kappa shape index (κ1) is 20.7. The molecule has 1 N–H and O–H groups in total. The largest absolute Gasteiger partial charge is 0.496 e. The van der Waals surface area contributed by atoms with E-state index in [4.69, 9.17) is 26.1 Å². The quantitative estimate of drug-likeness (QED) is 0.438. The molecule has 1 aliphatic heterocycles. The zero-order valence-corrected chi connectivity index (χ0v) is 18.1. The molecule has 1 amide bonds. The molecule has 1 saturated heterocycles. The van der Waals surface area contributed by atoms with Crippen LogP contribution >= 0.6 is 12.2 Å². The van der Waals surface area contributed by atoms with Gasteiger partial charge in [0.25, 0.3) is 5.91 Å². The molecule has 158 valence electrons. The van der Waals surface area contributed by atoms with Gasteiger partial charge in [-0.1, -0.05) is 23.8 Å². The monoisotopic (exact) mass is 434 g/mol. The second-order valence-corrected chi connectivity index (χ2v) is 7.52. The lowest BCUT2D eigenvalue weighted by molar-refractivity contribution is -0.122. The van der Waals surface area contributed by atoms with Crippen molar-refractivity contribution < 1.29 is 18.7 Å². The van der Waals surface area contributed by atoms with Crippen molar-refractivity contribution in [1.29, 1.82) is 0 Å². The summed E-state index contributed by atoms with van der Waals surface area (Å²) >= 11 is 5.33. The topological polar surface area (TPSA) is 63.9 Å². The predicted octanol–water partition coefficient (Wildman–Crippen LogP) is 4.43. The third-order valence-electron chi connectivity index (χ3n) is 4.89. The van der Waals surface area contributed by atoms with Crippen LogP contribution in [0.1, 0.15) is 22.5 Å². The van der Waals surface area contributed by atoms with E-state index in [1.165, 1.54) is 10.5 Å². The number of furan rings is 1. The molecule has 2 aromatic carbocycles. The number of hydrogen-bond donors (Lipinski definition) is 1. The number of amides is 1. The maximum absolute atomic E-state index is 12.8. The molecule has 0 unspecified atom stereocenters. The predicted molar refractivity (Wildman–Crippen MR) is 121 cm³/mol. The summed E-state index contributed by atoms with van der Waals surface area (Å²) in [5, 5.41) is 3.34. The average Bonchev–Trinajstić information content (AvgIpc) is 3.38. The number of aryl methyl sites for hydroxylation is 1. The Morgan fingerprint density at radius 2 is 1.97 bits per heavy atom. The molecule has 0 radical (unpaired) electrons. The summed E-state index contributed by atoms with van der Waals surface area (Å²) in [4.78, 5) is 14.3. The van der Waals surface area contributed by atoms with Crippen LogP contribution in [0, 0.1) is 6.92 Å². The lowest BCUT2D eigenvalue weighted by atomic mass is 10.1. The van der Waals surface area contributed by atoms with Crippen LogP contribution in [0.5, 0.6) is 11.5 Å². The second-order valence-electron chi connectivity index (χ2n) is 7.13. The molecule has 1 aliphatic rings. The molecule has 1 aromatic heterocycles. The van der Waals surface area contributed by atoms with Gasteiger partial charge in [0.2, 0.25) is 0 Å². The molecule has 3 aromatic rings. The fourth-order valence-corrected chi connectivity index (χ4v) is 3.49. The third-order valence-corrected chi connectivity index (χ3v) is 5.21. The van der Waals surface area contributed by atoms with Crippen molar-refractivity contribution in [3.8, 4) is 11.5 Å². The van der Waals surface area contributed by atoms with Gasteiger partial charge in [-0.15, -0.1) is 0 Å². The van der Waals surface area contributed by atoms with Crippen LogP contribution in [0.25, 0.3) is 6.08 Å². The third kappa shape index (κ3) is 4.78. The number of nitrogens with zero attached hydrogens (tertiary/aromatic N) is 1. The Kier molecular flexibility index (Phi) is 6.04. The van der Waals surface area contributed by atoms with E-state index in [1.54, 1.807) is 31.6 Å². The standard InChI is InChI=1S/C24H22N2O4S/c1-16-5-8-19(9-6-16)30-15-18-12-17(7-10-22(18)28-2)13-21-23(27)26(24(31)25-21)14-20-4-3-11-29-20/h3-13H,14-15H2,1-2H3,(H,25,31)/b21-13+. The molecule has 0 spiro atoms. The van der Waals surface area contributed by atoms with E-state index in [-0.39, 0.29) is 12.5 Å². The smallest absolute Gasteiger partial charge is 0.276 e. The highest BCUT2D eigenvalue weighted by Gasteiger charge is 2.31. The van der Waals surface area contributed by atoms with E-state index in [0.717, 1.165) is 22.6 Å². The molecule has 7 heteroatoms. The Bertz CT molecular complexity index is 1120. The number of benzene rings is 2. The minimum absolute atomic E-state index is 0.199. The number of thiocarbonyl (C=S) groups is 1. The molecule has 0 saturated carbocycles. The zero-order chi connectivity index (χ0) is 21.8. The molecular weight excluding hydrogens is 412 g/mol. The minimum Gasteiger partial charge on any atom is -0.496 e. The van der Waals surface area contributed by atoms with Crippen LogP contribution in [0.3, 0.4) is 0 Å². The van der Waals surface area contributed by atoms with Crippen molar-refractivity contribution in [2.45, 2.75) is 20.1 Å². The van der Waals surface area contributed by atoms with Crippen LogP contribution in [0.15, 0.2) is 71.0 Å². The number of carbonyl (C=O) groups excluding carboxylic acids is 1. The summed E-state index contributed by atoms with van der Waals surface area (Å²) in [6.07, 6.45) is 3.34. The highest BCUT2D eigenvalue weighted by molar-refractivity contribution is 7.80. The first-order valence-corrected chi connectivity index (χ1v) is 10.2. The number of hydrogen-bond acceptors (Lipinski definition) is 5. The first-order valence-electron chi connectivity index (χ1n) is 9.77. The van der Waals surface area contributed by atoms with Crippen molar-refractivity contribution in [3.05, 3.63) is 89.0 Å². The van der Waals surface area contributed by atoms with Gasteiger partial charge in [0.05, 0.1) is 19.9 Å². The van der Waals surface area contributed by atoms with Crippen molar-refractivity contribution in [2.75, 3.05) is 7.11 Å². The van der Waals surface area contributed by atoms with E-state index >= 15 is 0 Å². The molecule has 0 aliphatic carbocycles. The Morgan fingerprint density at radius 3 is 2.68 bits per heavy atom. The molecule has 0 bridgehead atoms. The zero-order valence-electron chi connectivity index (χ0n) is 17.3. The van der Waals surface area contributed by atoms with E-state index in [9.17, 15) is 4.79 Å². The van der Waals surface area contributed by atoms with Crippen LogP contribution < -0.4 is 14.8 Å². The maximum Gasteiger partial charge on any atom is 0.276 e. The van der Waals surface area contributed by atoms with Crippen molar-refractivity contribution in [3.63, 3.8) is 0 Å². The van der Waals surface area contributed by atoms with Crippen molar-refractivity contribution >= 4 is 29.3 Å². The summed E-state index contributed by atoms with van der Waals surface area (Å²) in [5.41, 5.74) is 3.29. The Morgan fingerprint density at radius 1 is 1.16 bits per heavy atom. The molecule has 6 nitrogen and oxygen atoms in total. The lowest BCUT2D eigenvalue weighted by Crippen LogP contribution is -2.29. The van der Waals surface area contributed by atoms with Gasteiger partial charge in [-0.25, -0.2) is 0 Å². The van der Waals surface area contributed by atoms with E-state index in [1.807, 2.05) is 49.4 Å². The van der Waals surface area contributed by atoms with Gasteiger partial charge < -0.3 is 19.2 Å². The number of methoxy groups -OCH3 is 1. The Labute approximate surface area is 186 Å². The SMILES string of the molecule is COc1ccc(/C=C2/NC(=S)N(Cc3ccco3)C2=O)cc1COc1ccc(C)cc1. The van der Waals surface area contributed by atoms with Gasteiger partial charge >= 0.3 is 0 Å². The lowest BCUT2D eigenvalue weighted by Gasteiger charge is -2.12. The molecule has 31 heavy (non-hydrogen) atoms. The summed E-state index contributed by atoms with van der Waals surface area (Å²) in [7, 11) is 1.62. The molecule has 4 rings (SSSR count). The highest BCUT2D eigenvalue weighted by atomic mass is 32.1. The Hall–Kier alpha value is -3.58. The highest BCUT2D eigenvalue weighted by Crippen LogP contribution is 2.25.